The molecule has 4 saturated carbocycles. The average molecular weight is 422 g/mol. The molecule has 4 aliphatic rings. The van der Waals surface area contributed by atoms with E-state index in [0.717, 1.165) is 30.6 Å². The quantitative estimate of drug-likeness (QED) is 0.707. The minimum absolute atomic E-state index is 0.198. The largest absolute Gasteiger partial charge is 0.451 e. The Morgan fingerprint density at radius 3 is 2.31 bits per heavy atom. The molecule has 158 valence electrons. The summed E-state index contributed by atoms with van der Waals surface area (Å²) >= 11 is 1.00. The summed E-state index contributed by atoms with van der Waals surface area (Å²) in [7, 11) is 0. The number of hydrogen-bond acceptors (Lipinski definition) is 6. The highest BCUT2D eigenvalue weighted by molar-refractivity contribution is 7.07. The van der Waals surface area contributed by atoms with Gasteiger partial charge in [-0.1, -0.05) is 11.3 Å². The third-order valence-electron chi connectivity index (χ3n) is 6.59. The van der Waals surface area contributed by atoms with Gasteiger partial charge in [0.15, 0.2) is 6.10 Å². The molecule has 9 heteroatoms. The zero-order valence-corrected chi connectivity index (χ0v) is 17.5. The predicted octanol–water partition coefficient (Wildman–Crippen LogP) is 1.94. The van der Waals surface area contributed by atoms with Crippen LogP contribution in [0.1, 0.15) is 51.1 Å². The first-order valence-corrected chi connectivity index (χ1v) is 11.1. The summed E-state index contributed by atoms with van der Waals surface area (Å²) in [5, 5.41) is 7.02. The third-order valence-corrected chi connectivity index (χ3v) is 7.48. The Bertz CT molecular complexity index is 854. The number of hydrogen-bond donors (Lipinski definition) is 2. The van der Waals surface area contributed by atoms with Crippen molar-refractivity contribution in [3.05, 3.63) is 20.7 Å². The number of aromatic nitrogens is 1. The first-order chi connectivity index (χ1) is 13.7. The molecule has 1 heterocycles. The number of ether oxygens (including phenoxy) is 1. The lowest BCUT2D eigenvalue weighted by molar-refractivity contribution is -0.155. The highest BCUT2D eigenvalue weighted by atomic mass is 32.1. The van der Waals surface area contributed by atoms with Crippen LogP contribution in [0.2, 0.25) is 0 Å². The Morgan fingerprint density at radius 2 is 1.79 bits per heavy atom. The van der Waals surface area contributed by atoms with Crippen LogP contribution in [-0.4, -0.2) is 34.1 Å². The maximum Gasteiger partial charge on any atom is 0.326 e. The molecule has 4 bridgehead atoms. The van der Waals surface area contributed by atoms with Gasteiger partial charge in [0.25, 0.3) is 5.91 Å². The number of urea groups is 1. The minimum atomic E-state index is -1.13. The molecule has 1 aromatic rings. The number of esters is 1. The van der Waals surface area contributed by atoms with Crippen LogP contribution in [0.15, 0.2) is 10.2 Å². The second-order valence-electron chi connectivity index (χ2n) is 9.00. The van der Waals surface area contributed by atoms with Crippen molar-refractivity contribution in [1.82, 2.24) is 15.2 Å². The summed E-state index contributed by atoms with van der Waals surface area (Å²) in [6.45, 7) is 2.87. The molecule has 4 fully saturated rings. The van der Waals surface area contributed by atoms with Gasteiger partial charge >= 0.3 is 16.9 Å². The van der Waals surface area contributed by atoms with Crippen molar-refractivity contribution in [2.24, 2.45) is 17.8 Å². The first kappa shape index (κ1) is 20.1. The van der Waals surface area contributed by atoms with Gasteiger partial charge in [-0.15, -0.1) is 0 Å². The summed E-state index contributed by atoms with van der Waals surface area (Å²) < 4.78 is 6.39. The summed E-state index contributed by atoms with van der Waals surface area (Å²) in [6, 6.07) is -0.523. The molecule has 0 aliphatic heterocycles. The highest BCUT2D eigenvalue weighted by Crippen LogP contribution is 2.55. The molecule has 1 atom stereocenters. The molecule has 3 amide bonds. The van der Waals surface area contributed by atoms with Gasteiger partial charge in [-0.05, 0) is 70.1 Å². The number of rotatable bonds is 5. The molecule has 0 radical (unpaired) electrons. The van der Waals surface area contributed by atoms with Gasteiger partial charge in [-0.25, -0.2) is 4.79 Å². The van der Waals surface area contributed by atoms with E-state index in [4.69, 9.17) is 4.74 Å². The molecule has 0 unspecified atom stereocenters. The zero-order chi connectivity index (χ0) is 20.8. The van der Waals surface area contributed by atoms with E-state index in [9.17, 15) is 19.2 Å². The lowest BCUT2D eigenvalue weighted by Crippen LogP contribution is -2.62. The van der Waals surface area contributed by atoms with Crippen molar-refractivity contribution in [1.29, 1.82) is 0 Å². The van der Waals surface area contributed by atoms with E-state index >= 15 is 0 Å². The van der Waals surface area contributed by atoms with Gasteiger partial charge in [0.05, 0.1) is 0 Å². The molecule has 0 aromatic carbocycles. The second-order valence-corrected chi connectivity index (χ2v) is 9.82. The topological polar surface area (TPSA) is 106 Å². The van der Waals surface area contributed by atoms with Crippen molar-refractivity contribution in [2.75, 3.05) is 0 Å². The zero-order valence-electron chi connectivity index (χ0n) is 16.7. The van der Waals surface area contributed by atoms with E-state index in [1.54, 1.807) is 12.3 Å². The number of imide groups is 1. The molecule has 0 saturated heterocycles. The van der Waals surface area contributed by atoms with Crippen LogP contribution in [0, 0.1) is 24.7 Å². The molecule has 1 aromatic heterocycles. The molecule has 4 aliphatic carbocycles. The fourth-order valence-corrected chi connectivity index (χ4v) is 6.50. The average Bonchev–Trinajstić information content (AvgIpc) is 2.91. The van der Waals surface area contributed by atoms with E-state index in [0.29, 0.717) is 23.4 Å². The Kier molecular flexibility index (Phi) is 5.27. The molecular formula is C20H27N3O5S. The summed E-state index contributed by atoms with van der Waals surface area (Å²) in [6.07, 6.45) is 5.63. The van der Waals surface area contributed by atoms with Crippen LogP contribution in [0.3, 0.4) is 0 Å². The Morgan fingerprint density at radius 1 is 1.21 bits per heavy atom. The molecule has 8 nitrogen and oxygen atoms in total. The summed E-state index contributed by atoms with van der Waals surface area (Å²) in [5.74, 6) is 0.677. The normalized spacial score (nSPS) is 30.6. The van der Waals surface area contributed by atoms with Gasteiger partial charge in [-0.3, -0.25) is 24.3 Å². The number of nitrogens with one attached hydrogen (secondary N) is 2. The van der Waals surface area contributed by atoms with Gasteiger partial charge < -0.3 is 10.1 Å². The van der Waals surface area contributed by atoms with Crippen LogP contribution < -0.4 is 15.5 Å². The van der Waals surface area contributed by atoms with Crippen molar-refractivity contribution in [3.63, 3.8) is 0 Å². The number of carbonyl (C=O) groups excluding carboxylic acids is 3. The van der Waals surface area contributed by atoms with E-state index in [1.807, 2.05) is 0 Å². The number of nitrogens with zero attached hydrogens (tertiary/aromatic N) is 1. The fraction of sp³-hybridized carbons (Fsp3) is 0.700. The highest BCUT2D eigenvalue weighted by Gasteiger charge is 2.51. The number of carbonyl (C=O) groups is 3. The molecule has 2 N–H and O–H groups in total. The Balaban J connectivity index is 1.28. The van der Waals surface area contributed by atoms with E-state index < -0.39 is 24.0 Å². The van der Waals surface area contributed by atoms with Crippen LogP contribution in [0.4, 0.5) is 4.79 Å². The molecule has 5 rings (SSSR count). The van der Waals surface area contributed by atoms with Gasteiger partial charge in [-0.2, -0.15) is 0 Å². The van der Waals surface area contributed by atoms with E-state index in [-0.39, 0.29) is 17.0 Å². The van der Waals surface area contributed by atoms with Crippen molar-refractivity contribution in [3.8, 4) is 0 Å². The number of aryl methyl sites for hydroxylation is 1. The van der Waals surface area contributed by atoms with E-state index in [1.165, 1.54) is 30.8 Å². The number of thiazole rings is 1. The molecular weight excluding hydrogens is 394 g/mol. The standard InChI is InChI=1S/C20H27N3O5S/c1-11-10-29-19(27)23(11)9-16(24)28-12(2)17(25)21-18(26)22-20-6-13-3-14(7-20)5-15(4-13)8-20/h10,12-15H,3-9H2,1-2H3,(H2,21,22,25,26)/t12-,13?,14?,15?,20?/m1/s1. The van der Waals surface area contributed by atoms with Crippen LogP contribution >= 0.6 is 11.3 Å². The third kappa shape index (κ3) is 4.24. The monoisotopic (exact) mass is 421 g/mol. The lowest BCUT2D eigenvalue weighted by atomic mass is 9.53. The SMILES string of the molecule is Cc1csc(=O)n1CC(=O)O[C@H](C)C(=O)NC(=O)NC12CC3CC(CC(C3)C1)C2. The fourth-order valence-electron chi connectivity index (χ4n) is 5.76. The Hall–Kier alpha value is -2.16. The van der Waals surface area contributed by atoms with E-state index in [2.05, 4.69) is 10.6 Å². The molecule has 29 heavy (non-hydrogen) atoms. The van der Waals surface area contributed by atoms with Crippen LogP contribution in [-0.2, 0) is 20.9 Å². The van der Waals surface area contributed by atoms with Crippen LogP contribution in [0.25, 0.3) is 0 Å². The maximum atomic E-state index is 12.4. The van der Waals surface area contributed by atoms with Crippen molar-refractivity contribution in [2.45, 2.75) is 70.6 Å². The maximum absolute atomic E-state index is 12.4. The second kappa shape index (κ2) is 7.59. The van der Waals surface area contributed by atoms with Crippen LogP contribution in [0.5, 0.6) is 0 Å². The first-order valence-electron chi connectivity index (χ1n) is 10.2. The lowest BCUT2D eigenvalue weighted by Gasteiger charge is -2.56. The van der Waals surface area contributed by atoms with Crippen molar-refractivity contribution < 1.29 is 19.1 Å². The number of amides is 3. The summed E-state index contributed by atoms with van der Waals surface area (Å²) in [5.41, 5.74) is 0.459. The molecule has 0 spiro atoms. The summed E-state index contributed by atoms with van der Waals surface area (Å²) in [4.78, 5) is 48.2. The predicted molar refractivity (Wildman–Crippen MR) is 106 cm³/mol. The smallest absolute Gasteiger partial charge is 0.326 e. The van der Waals surface area contributed by atoms with Gasteiger partial charge in [0.1, 0.15) is 6.54 Å². The van der Waals surface area contributed by atoms with Gasteiger partial charge in [0.2, 0.25) is 0 Å². The minimum Gasteiger partial charge on any atom is -0.451 e. The van der Waals surface area contributed by atoms with Gasteiger partial charge in [0, 0.05) is 16.6 Å². The Labute approximate surface area is 173 Å². The van der Waals surface area contributed by atoms with Crippen molar-refractivity contribution >= 4 is 29.2 Å².